The maximum atomic E-state index is 10.9. The smallest absolute Gasteiger partial charge is 0.314 e. The second-order valence-electron chi connectivity index (χ2n) is 2.83. The van der Waals surface area contributed by atoms with E-state index < -0.39 is 10.6 Å². The van der Waals surface area contributed by atoms with Crippen LogP contribution in [0.25, 0.3) is 0 Å². The van der Waals surface area contributed by atoms with Crippen LogP contribution in [0.3, 0.4) is 0 Å². The van der Waals surface area contributed by atoms with Crippen molar-refractivity contribution in [3.05, 3.63) is 20.2 Å². The summed E-state index contributed by atoms with van der Waals surface area (Å²) in [5.74, 6) is 0.111. The molecule has 1 aromatic rings. The average Bonchev–Trinajstić information content (AvgIpc) is 2.27. The van der Waals surface area contributed by atoms with Crippen LogP contribution in [-0.2, 0) is 0 Å². The van der Waals surface area contributed by atoms with Crippen molar-refractivity contribution in [1.82, 2.24) is 0 Å². The van der Waals surface area contributed by atoms with Gasteiger partial charge in [0.15, 0.2) is 21.5 Å². The molecule has 1 rings (SSSR count). The summed E-state index contributed by atoms with van der Waals surface area (Å²) in [4.78, 5) is 10.2. The molecule has 0 N–H and O–H groups in total. The van der Waals surface area contributed by atoms with Crippen molar-refractivity contribution in [2.75, 3.05) is 21.3 Å². The molecule has 0 saturated carbocycles. The summed E-state index contributed by atoms with van der Waals surface area (Å²) in [7, 11) is 3.96. The average molecular weight is 282 g/mol. The van der Waals surface area contributed by atoms with E-state index in [-0.39, 0.29) is 27.3 Å². The number of nitro groups is 1. The molecule has 0 aliphatic rings. The largest absolute Gasteiger partial charge is 0.491 e. The SMILES string of the molecule is COc1c(Cl)c([N+](=O)[O-])c(Cl)c(OC)c1OC. The van der Waals surface area contributed by atoms with Crippen LogP contribution in [0.15, 0.2) is 0 Å². The van der Waals surface area contributed by atoms with Gasteiger partial charge in [0.05, 0.1) is 26.3 Å². The summed E-state index contributed by atoms with van der Waals surface area (Å²) in [6.07, 6.45) is 0. The first-order valence-corrected chi connectivity index (χ1v) is 5.06. The third kappa shape index (κ3) is 2.18. The van der Waals surface area contributed by atoms with Crippen molar-refractivity contribution in [3.63, 3.8) is 0 Å². The summed E-state index contributed by atoms with van der Waals surface area (Å²) < 4.78 is 14.9. The van der Waals surface area contributed by atoms with Crippen LogP contribution in [0.5, 0.6) is 17.2 Å². The van der Waals surface area contributed by atoms with Crippen LogP contribution in [0.4, 0.5) is 5.69 Å². The van der Waals surface area contributed by atoms with Crippen molar-refractivity contribution in [2.45, 2.75) is 0 Å². The lowest BCUT2D eigenvalue weighted by Gasteiger charge is -2.14. The lowest BCUT2D eigenvalue weighted by atomic mass is 10.2. The van der Waals surface area contributed by atoms with Gasteiger partial charge in [-0.2, -0.15) is 0 Å². The zero-order valence-corrected chi connectivity index (χ0v) is 10.8. The maximum Gasteiger partial charge on any atom is 0.314 e. The van der Waals surface area contributed by atoms with Crippen molar-refractivity contribution >= 4 is 28.9 Å². The van der Waals surface area contributed by atoms with E-state index >= 15 is 0 Å². The van der Waals surface area contributed by atoms with E-state index in [1.807, 2.05) is 0 Å². The number of hydrogen-bond acceptors (Lipinski definition) is 5. The highest BCUT2D eigenvalue weighted by Crippen LogP contribution is 2.53. The van der Waals surface area contributed by atoms with E-state index in [9.17, 15) is 10.1 Å². The topological polar surface area (TPSA) is 70.8 Å². The molecule has 0 aliphatic heterocycles. The highest BCUT2D eigenvalue weighted by Gasteiger charge is 2.31. The van der Waals surface area contributed by atoms with E-state index in [4.69, 9.17) is 37.4 Å². The van der Waals surface area contributed by atoms with Crippen LogP contribution < -0.4 is 14.2 Å². The number of rotatable bonds is 4. The van der Waals surface area contributed by atoms with Gasteiger partial charge < -0.3 is 14.2 Å². The highest BCUT2D eigenvalue weighted by molar-refractivity contribution is 6.40. The summed E-state index contributed by atoms with van der Waals surface area (Å²) in [5, 5.41) is 10.4. The first-order chi connectivity index (χ1) is 7.99. The Morgan fingerprint density at radius 2 is 1.29 bits per heavy atom. The van der Waals surface area contributed by atoms with Gasteiger partial charge in [0.1, 0.15) is 0 Å². The molecule has 0 aliphatic carbocycles. The van der Waals surface area contributed by atoms with E-state index in [0.717, 1.165) is 0 Å². The minimum absolute atomic E-state index is 0.00196. The number of methoxy groups -OCH3 is 3. The molecule has 0 unspecified atom stereocenters. The zero-order valence-electron chi connectivity index (χ0n) is 9.24. The van der Waals surface area contributed by atoms with Crippen LogP contribution >= 0.6 is 23.2 Å². The first-order valence-electron chi connectivity index (χ1n) is 4.30. The van der Waals surface area contributed by atoms with Gasteiger partial charge >= 0.3 is 5.69 Å². The molecule has 1 aromatic carbocycles. The molecule has 8 heteroatoms. The Morgan fingerprint density at radius 1 is 0.941 bits per heavy atom. The quantitative estimate of drug-likeness (QED) is 0.627. The Hall–Kier alpha value is -1.40. The van der Waals surface area contributed by atoms with Gasteiger partial charge in [-0.3, -0.25) is 10.1 Å². The first kappa shape index (κ1) is 13.7. The third-order valence-corrected chi connectivity index (χ3v) is 2.72. The Labute approximate surface area is 107 Å². The molecule has 0 saturated heterocycles. The fraction of sp³-hybridized carbons (Fsp3) is 0.333. The number of hydrogen-bond donors (Lipinski definition) is 0. The van der Waals surface area contributed by atoms with Gasteiger partial charge in [-0.15, -0.1) is 0 Å². The van der Waals surface area contributed by atoms with Gasteiger partial charge in [0.25, 0.3) is 0 Å². The molecular formula is C9H9Cl2NO5. The van der Waals surface area contributed by atoms with Crippen LogP contribution in [-0.4, -0.2) is 26.3 Å². The van der Waals surface area contributed by atoms with E-state index in [1.165, 1.54) is 21.3 Å². The molecule has 0 heterocycles. The predicted octanol–water partition coefficient (Wildman–Crippen LogP) is 2.93. The van der Waals surface area contributed by atoms with Crippen molar-refractivity contribution < 1.29 is 19.1 Å². The molecule has 0 spiro atoms. The summed E-state index contributed by atoms with van der Waals surface area (Å²) >= 11 is 11.7. The zero-order chi connectivity index (χ0) is 13.2. The minimum atomic E-state index is -0.713. The molecule has 0 fully saturated rings. The lowest BCUT2D eigenvalue weighted by Crippen LogP contribution is -2.00. The number of benzene rings is 1. The number of nitrogens with zero attached hydrogens (tertiary/aromatic N) is 1. The number of halogens is 2. The predicted molar refractivity (Wildman–Crippen MR) is 62.8 cm³/mol. The highest BCUT2D eigenvalue weighted by atomic mass is 35.5. The monoisotopic (exact) mass is 281 g/mol. The van der Waals surface area contributed by atoms with E-state index in [0.29, 0.717) is 0 Å². The molecule has 0 aromatic heterocycles. The normalized spacial score (nSPS) is 9.94. The van der Waals surface area contributed by atoms with Crippen molar-refractivity contribution in [1.29, 1.82) is 0 Å². The third-order valence-electron chi connectivity index (χ3n) is 2.02. The Balaban J connectivity index is 3.73. The molecule has 0 radical (unpaired) electrons. The van der Waals surface area contributed by atoms with Crippen LogP contribution in [0.1, 0.15) is 0 Å². The molecule has 0 atom stereocenters. The molecular weight excluding hydrogens is 273 g/mol. The number of nitro benzene ring substituents is 1. The fourth-order valence-electron chi connectivity index (χ4n) is 1.32. The van der Waals surface area contributed by atoms with Crippen LogP contribution in [0.2, 0.25) is 10.0 Å². The van der Waals surface area contributed by atoms with Crippen LogP contribution in [0, 0.1) is 10.1 Å². The molecule has 94 valence electrons. The van der Waals surface area contributed by atoms with E-state index in [2.05, 4.69) is 0 Å². The summed E-state index contributed by atoms with van der Waals surface area (Å²) in [6.45, 7) is 0. The molecule has 0 amide bonds. The summed E-state index contributed by atoms with van der Waals surface area (Å²) in [5.41, 5.74) is -0.483. The fourth-order valence-corrected chi connectivity index (χ4v) is 2.03. The van der Waals surface area contributed by atoms with Gasteiger partial charge in [-0.05, 0) is 0 Å². The summed E-state index contributed by atoms with van der Waals surface area (Å²) in [6, 6.07) is 0. The molecule has 17 heavy (non-hydrogen) atoms. The minimum Gasteiger partial charge on any atom is -0.491 e. The second kappa shape index (κ2) is 5.29. The lowest BCUT2D eigenvalue weighted by molar-refractivity contribution is -0.384. The van der Waals surface area contributed by atoms with Gasteiger partial charge in [-0.1, -0.05) is 23.2 Å². The van der Waals surface area contributed by atoms with Gasteiger partial charge in [0, 0.05) is 0 Å². The van der Waals surface area contributed by atoms with Gasteiger partial charge in [0.2, 0.25) is 5.75 Å². The van der Waals surface area contributed by atoms with E-state index in [1.54, 1.807) is 0 Å². The standard InChI is InChI=1S/C9H9Cl2NO5/c1-15-7-4(10)6(12(13)14)5(11)8(16-2)9(7)17-3/h1-3H3. The maximum absolute atomic E-state index is 10.9. The molecule has 6 nitrogen and oxygen atoms in total. The Morgan fingerprint density at radius 3 is 1.53 bits per heavy atom. The molecule has 0 bridgehead atoms. The Bertz CT molecular complexity index is 432. The second-order valence-corrected chi connectivity index (χ2v) is 3.59. The Kier molecular flexibility index (Phi) is 4.25. The number of ether oxygens (including phenoxy) is 3. The van der Waals surface area contributed by atoms with Gasteiger partial charge in [-0.25, -0.2) is 0 Å². The van der Waals surface area contributed by atoms with Crippen molar-refractivity contribution in [2.24, 2.45) is 0 Å². The van der Waals surface area contributed by atoms with Crippen molar-refractivity contribution in [3.8, 4) is 17.2 Å².